The van der Waals surface area contributed by atoms with Crippen LogP contribution in [-0.4, -0.2) is 30.4 Å². The van der Waals surface area contributed by atoms with Gasteiger partial charge >= 0.3 is 0 Å². The molecule has 0 saturated carbocycles. The average molecular weight is 361 g/mol. The minimum Gasteiger partial charge on any atom is -0.493 e. The summed E-state index contributed by atoms with van der Waals surface area (Å²) in [5.41, 5.74) is 1.58. The van der Waals surface area contributed by atoms with E-state index in [9.17, 15) is 9.59 Å². The first-order chi connectivity index (χ1) is 12.0. The number of anilines is 1. The van der Waals surface area contributed by atoms with Gasteiger partial charge in [0, 0.05) is 31.2 Å². The molecule has 0 unspecified atom stereocenters. The molecule has 2 amide bonds. The van der Waals surface area contributed by atoms with Crippen molar-refractivity contribution in [1.29, 1.82) is 0 Å². The summed E-state index contributed by atoms with van der Waals surface area (Å²) in [6, 6.07) is 14.5. The highest BCUT2D eigenvalue weighted by molar-refractivity contribution is 6.30. The predicted molar refractivity (Wildman–Crippen MR) is 98.8 cm³/mol. The standard InChI is InChI=1S/C19H21ClN2O3/c1-14(23)22(2)13-15-6-3-4-9-18(15)21-19(24)10-11-25-17-8-5-7-16(20)12-17/h3-9,12H,10-11,13H2,1-2H3,(H,21,24). The summed E-state index contributed by atoms with van der Waals surface area (Å²) in [5, 5.41) is 3.46. The van der Waals surface area contributed by atoms with Gasteiger partial charge in [0.1, 0.15) is 5.75 Å². The van der Waals surface area contributed by atoms with E-state index < -0.39 is 0 Å². The summed E-state index contributed by atoms with van der Waals surface area (Å²) in [6.45, 7) is 2.20. The molecule has 0 radical (unpaired) electrons. The fourth-order valence-corrected chi connectivity index (χ4v) is 2.36. The van der Waals surface area contributed by atoms with Crippen LogP contribution in [0.15, 0.2) is 48.5 Å². The smallest absolute Gasteiger partial charge is 0.227 e. The Bertz CT molecular complexity index is 749. The van der Waals surface area contributed by atoms with E-state index in [1.807, 2.05) is 24.3 Å². The van der Waals surface area contributed by atoms with Crippen LogP contribution in [0.25, 0.3) is 0 Å². The highest BCUT2D eigenvalue weighted by Crippen LogP contribution is 2.18. The molecule has 2 aromatic rings. The largest absolute Gasteiger partial charge is 0.493 e. The second-order valence-electron chi connectivity index (χ2n) is 5.64. The van der Waals surface area contributed by atoms with Crippen LogP contribution < -0.4 is 10.1 Å². The summed E-state index contributed by atoms with van der Waals surface area (Å²) in [6.07, 6.45) is 0.212. The lowest BCUT2D eigenvalue weighted by Crippen LogP contribution is -2.24. The van der Waals surface area contributed by atoms with Gasteiger partial charge in [-0.25, -0.2) is 0 Å². The molecule has 0 aliphatic rings. The molecule has 0 fully saturated rings. The van der Waals surface area contributed by atoms with Crippen LogP contribution in [-0.2, 0) is 16.1 Å². The summed E-state index contributed by atoms with van der Waals surface area (Å²) in [7, 11) is 1.72. The van der Waals surface area contributed by atoms with Crippen molar-refractivity contribution in [3.63, 3.8) is 0 Å². The number of hydrogen-bond donors (Lipinski definition) is 1. The van der Waals surface area contributed by atoms with Gasteiger partial charge in [0.15, 0.2) is 0 Å². The summed E-state index contributed by atoms with van der Waals surface area (Å²) < 4.78 is 5.52. The number of amides is 2. The third-order valence-electron chi connectivity index (χ3n) is 3.63. The maximum Gasteiger partial charge on any atom is 0.227 e. The first-order valence-electron chi connectivity index (χ1n) is 7.93. The van der Waals surface area contributed by atoms with Crippen molar-refractivity contribution in [2.24, 2.45) is 0 Å². The summed E-state index contributed by atoms with van der Waals surface area (Å²) >= 11 is 5.89. The molecular formula is C19H21ClN2O3. The van der Waals surface area contributed by atoms with Crippen molar-refractivity contribution in [2.75, 3.05) is 19.0 Å². The number of para-hydroxylation sites is 1. The lowest BCUT2D eigenvalue weighted by Gasteiger charge is -2.18. The first-order valence-corrected chi connectivity index (χ1v) is 8.31. The fourth-order valence-electron chi connectivity index (χ4n) is 2.18. The lowest BCUT2D eigenvalue weighted by atomic mass is 10.1. The molecule has 1 N–H and O–H groups in total. The van der Waals surface area contributed by atoms with Crippen molar-refractivity contribution in [2.45, 2.75) is 19.9 Å². The molecule has 0 atom stereocenters. The Morgan fingerprint density at radius 3 is 2.64 bits per heavy atom. The van der Waals surface area contributed by atoms with Gasteiger partial charge in [-0.3, -0.25) is 9.59 Å². The van der Waals surface area contributed by atoms with Crippen LogP contribution >= 0.6 is 11.6 Å². The van der Waals surface area contributed by atoms with Crippen LogP contribution in [0.3, 0.4) is 0 Å². The van der Waals surface area contributed by atoms with E-state index in [-0.39, 0.29) is 24.8 Å². The van der Waals surface area contributed by atoms with E-state index in [2.05, 4.69) is 5.32 Å². The molecule has 5 nitrogen and oxygen atoms in total. The molecule has 6 heteroatoms. The summed E-state index contributed by atoms with van der Waals surface area (Å²) in [4.78, 5) is 25.1. The molecule has 0 heterocycles. The molecule has 2 rings (SSSR count). The molecular weight excluding hydrogens is 340 g/mol. The predicted octanol–water partition coefficient (Wildman–Crippen LogP) is 3.73. The Morgan fingerprint density at radius 2 is 1.92 bits per heavy atom. The highest BCUT2D eigenvalue weighted by Gasteiger charge is 2.10. The van der Waals surface area contributed by atoms with Gasteiger partial charge in [-0.15, -0.1) is 0 Å². The van der Waals surface area contributed by atoms with E-state index >= 15 is 0 Å². The monoisotopic (exact) mass is 360 g/mol. The maximum atomic E-state index is 12.1. The Balaban J connectivity index is 1.89. The van der Waals surface area contributed by atoms with Gasteiger partial charge in [0.2, 0.25) is 11.8 Å². The lowest BCUT2D eigenvalue weighted by molar-refractivity contribution is -0.128. The molecule has 0 spiro atoms. The second-order valence-corrected chi connectivity index (χ2v) is 6.07. The van der Waals surface area contributed by atoms with Gasteiger partial charge in [-0.05, 0) is 29.8 Å². The zero-order chi connectivity index (χ0) is 18.2. The van der Waals surface area contributed by atoms with Crippen molar-refractivity contribution in [1.82, 2.24) is 4.90 Å². The van der Waals surface area contributed by atoms with E-state index in [4.69, 9.17) is 16.3 Å². The zero-order valence-electron chi connectivity index (χ0n) is 14.3. The van der Waals surface area contributed by atoms with E-state index in [0.29, 0.717) is 23.0 Å². The third-order valence-corrected chi connectivity index (χ3v) is 3.87. The van der Waals surface area contributed by atoms with Crippen molar-refractivity contribution < 1.29 is 14.3 Å². The van der Waals surface area contributed by atoms with Crippen molar-refractivity contribution in [3.05, 3.63) is 59.1 Å². The van der Waals surface area contributed by atoms with Gasteiger partial charge < -0.3 is 15.0 Å². The van der Waals surface area contributed by atoms with Gasteiger partial charge in [-0.1, -0.05) is 35.9 Å². The topological polar surface area (TPSA) is 58.6 Å². The number of carbonyl (C=O) groups is 2. The Kier molecular flexibility index (Phi) is 6.83. The number of carbonyl (C=O) groups excluding carboxylic acids is 2. The van der Waals surface area contributed by atoms with E-state index in [1.54, 1.807) is 36.2 Å². The minimum absolute atomic E-state index is 0.0314. The number of hydrogen-bond acceptors (Lipinski definition) is 3. The molecule has 0 bridgehead atoms. The van der Waals surface area contributed by atoms with Crippen LogP contribution in [0.1, 0.15) is 18.9 Å². The van der Waals surface area contributed by atoms with Gasteiger partial charge in [0.05, 0.1) is 13.0 Å². The maximum absolute atomic E-state index is 12.1. The normalized spacial score (nSPS) is 10.2. The third kappa shape index (κ3) is 6.12. The van der Waals surface area contributed by atoms with Gasteiger partial charge in [-0.2, -0.15) is 0 Å². The summed E-state index contributed by atoms with van der Waals surface area (Å²) in [5.74, 6) is 0.444. The molecule has 0 aromatic heterocycles. The Labute approximate surface area is 152 Å². The van der Waals surface area contributed by atoms with Gasteiger partial charge in [0.25, 0.3) is 0 Å². The number of nitrogens with zero attached hydrogens (tertiary/aromatic N) is 1. The molecule has 0 saturated heterocycles. The van der Waals surface area contributed by atoms with E-state index in [1.165, 1.54) is 6.92 Å². The van der Waals surface area contributed by atoms with Crippen LogP contribution in [0.2, 0.25) is 5.02 Å². The Morgan fingerprint density at radius 1 is 1.16 bits per heavy atom. The number of nitrogens with one attached hydrogen (secondary N) is 1. The number of benzene rings is 2. The Hall–Kier alpha value is -2.53. The quantitative estimate of drug-likeness (QED) is 0.818. The van der Waals surface area contributed by atoms with Crippen LogP contribution in [0.4, 0.5) is 5.69 Å². The van der Waals surface area contributed by atoms with Crippen molar-refractivity contribution in [3.8, 4) is 5.75 Å². The molecule has 25 heavy (non-hydrogen) atoms. The average Bonchev–Trinajstić information content (AvgIpc) is 2.56. The molecule has 0 aliphatic heterocycles. The zero-order valence-corrected chi connectivity index (χ0v) is 15.0. The number of rotatable bonds is 7. The fraction of sp³-hybridized carbons (Fsp3) is 0.263. The molecule has 0 aliphatic carbocycles. The first kappa shape index (κ1) is 18.8. The van der Waals surface area contributed by atoms with Crippen LogP contribution in [0.5, 0.6) is 5.75 Å². The minimum atomic E-state index is -0.153. The second kappa shape index (κ2) is 9.08. The molecule has 2 aromatic carbocycles. The van der Waals surface area contributed by atoms with Crippen molar-refractivity contribution >= 4 is 29.1 Å². The highest BCUT2D eigenvalue weighted by atomic mass is 35.5. The van der Waals surface area contributed by atoms with E-state index in [0.717, 1.165) is 5.56 Å². The number of halogens is 1. The van der Waals surface area contributed by atoms with Crippen LogP contribution in [0, 0.1) is 0 Å². The SMILES string of the molecule is CC(=O)N(C)Cc1ccccc1NC(=O)CCOc1cccc(Cl)c1. The number of ether oxygens (including phenoxy) is 1. The molecule has 132 valence electrons.